The third-order valence-corrected chi connectivity index (χ3v) is 3.29. The highest BCUT2D eigenvalue weighted by Crippen LogP contribution is 2.21. The molecule has 1 atom stereocenters. The van der Waals surface area contributed by atoms with Crippen molar-refractivity contribution in [1.82, 2.24) is 10.3 Å². The van der Waals surface area contributed by atoms with Crippen molar-refractivity contribution in [2.75, 3.05) is 7.11 Å². The summed E-state index contributed by atoms with van der Waals surface area (Å²) in [6, 6.07) is 7.05. The zero-order chi connectivity index (χ0) is 17.7. The lowest BCUT2D eigenvalue weighted by Crippen LogP contribution is -2.49. The van der Waals surface area contributed by atoms with E-state index in [0.717, 1.165) is 10.9 Å². The summed E-state index contributed by atoms with van der Waals surface area (Å²) >= 11 is 0. The smallest absolute Gasteiger partial charge is 0.290 e. The van der Waals surface area contributed by atoms with Crippen molar-refractivity contribution in [3.8, 4) is 30.4 Å². The first kappa shape index (κ1) is 17.3. The van der Waals surface area contributed by atoms with E-state index in [9.17, 15) is 4.79 Å². The molecule has 1 heterocycles. The van der Waals surface area contributed by atoms with E-state index in [1.807, 2.05) is 6.07 Å². The third-order valence-electron chi connectivity index (χ3n) is 3.29. The van der Waals surface area contributed by atoms with Gasteiger partial charge in [0.1, 0.15) is 5.75 Å². The number of terminal acetylenes is 2. The number of pyridine rings is 1. The Bertz CT molecular complexity index is 844. The lowest BCUT2D eigenvalue weighted by atomic mass is 10.1. The van der Waals surface area contributed by atoms with Gasteiger partial charge in [-0.25, -0.2) is 0 Å². The van der Waals surface area contributed by atoms with Crippen LogP contribution in [-0.4, -0.2) is 29.8 Å². The summed E-state index contributed by atoms with van der Waals surface area (Å²) in [6.07, 6.45) is 11.2. The topological polar surface area (TPSA) is 60.5 Å². The minimum absolute atomic E-state index is 0.457. The normalized spacial score (nSPS) is 12.0. The van der Waals surface area contributed by atoms with Crippen molar-refractivity contribution in [3.05, 3.63) is 36.0 Å². The lowest BCUT2D eigenvalue weighted by molar-refractivity contribution is -0.149. The molecule has 5 nitrogen and oxygen atoms in total. The predicted molar refractivity (Wildman–Crippen MR) is 92.2 cm³/mol. The maximum absolute atomic E-state index is 12.2. The summed E-state index contributed by atoms with van der Waals surface area (Å²) in [5.41, 5.74) is 0.636. The number of nitrogens with one attached hydrogen (secondary N) is 1. The van der Waals surface area contributed by atoms with Crippen LogP contribution in [0.3, 0.4) is 0 Å². The molecule has 0 saturated carbocycles. The van der Waals surface area contributed by atoms with E-state index in [-0.39, 0.29) is 0 Å². The van der Waals surface area contributed by atoms with Gasteiger partial charge in [0.2, 0.25) is 0 Å². The molecule has 0 radical (unpaired) electrons. The summed E-state index contributed by atoms with van der Waals surface area (Å²) in [4.78, 5) is 16.5. The molecule has 0 aliphatic heterocycles. The van der Waals surface area contributed by atoms with Crippen LogP contribution in [0.5, 0.6) is 5.75 Å². The maximum Gasteiger partial charge on any atom is 0.290 e. The van der Waals surface area contributed by atoms with Gasteiger partial charge in [0.25, 0.3) is 12.2 Å². The monoisotopic (exact) mass is 322 g/mol. The van der Waals surface area contributed by atoms with E-state index < -0.39 is 17.7 Å². The zero-order valence-corrected chi connectivity index (χ0v) is 13.8. The second kappa shape index (κ2) is 7.04. The minimum Gasteiger partial charge on any atom is -0.455 e. The molecule has 0 saturated heterocycles. The van der Waals surface area contributed by atoms with Gasteiger partial charge in [0.15, 0.2) is 0 Å². The van der Waals surface area contributed by atoms with Gasteiger partial charge in [-0.1, -0.05) is 11.8 Å². The van der Waals surface area contributed by atoms with Crippen LogP contribution in [0.15, 0.2) is 30.5 Å². The number of hydrogen-bond acceptors (Lipinski definition) is 4. The van der Waals surface area contributed by atoms with Crippen LogP contribution in [0.4, 0.5) is 0 Å². The fourth-order valence-electron chi connectivity index (χ4n) is 2.00. The van der Waals surface area contributed by atoms with E-state index in [4.69, 9.17) is 22.3 Å². The number of aromatic nitrogens is 1. The van der Waals surface area contributed by atoms with Gasteiger partial charge in [-0.05, 0) is 38.1 Å². The SMILES string of the molecule is C#Cc1cnc2ccc(OC(OC)C(=O)NC(C)(C)C#C)cc2c1. The highest BCUT2D eigenvalue weighted by Gasteiger charge is 2.25. The van der Waals surface area contributed by atoms with Crippen LogP contribution in [0.25, 0.3) is 10.9 Å². The summed E-state index contributed by atoms with van der Waals surface area (Å²) in [5, 5.41) is 3.48. The first-order valence-corrected chi connectivity index (χ1v) is 7.24. The number of benzene rings is 1. The number of ether oxygens (including phenoxy) is 2. The molecule has 0 aliphatic rings. The number of amides is 1. The molecule has 1 aromatic carbocycles. The number of rotatable bonds is 5. The van der Waals surface area contributed by atoms with E-state index in [0.29, 0.717) is 11.3 Å². The first-order chi connectivity index (χ1) is 11.4. The summed E-state index contributed by atoms with van der Waals surface area (Å²) in [6.45, 7) is 3.42. The van der Waals surface area contributed by atoms with Crippen molar-refractivity contribution in [3.63, 3.8) is 0 Å². The van der Waals surface area contributed by atoms with Gasteiger partial charge in [0.05, 0.1) is 11.1 Å². The zero-order valence-electron chi connectivity index (χ0n) is 13.8. The molecule has 1 amide bonds. The molecule has 1 aromatic heterocycles. The number of fused-ring (bicyclic) bond motifs is 1. The van der Waals surface area contributed by atoms with E-state index in [1.54, 1.807) is 38.2 Å². The Labute approximate surface area is 141 Å². The minimum atomic E-state index is -1.13. The van der Waals surface area contributed by atoms with Crippen molar-refractivity contribution in [1.29, 1.82) is 0 Å². The van der Waals surface area contributed by atoms with Crippen LogP contribution in [-0.2, 0) is 9.53 Å². The average molecular weight is 322 g/mol. The van der Waals surface area contributed by atoms with Gasteiger partial charge in [0, 0.05) is 24.3 Å². The predicted octanol–water partition coefficient (Wildman–Crippen LogP) is 2.10. The molecule has 2 aromatic rings. The van der Waals surface area contributed by atoms with Crippen LogP contribution in [0, 0.1) is 24.7 Å². The number of carbonyl (C=O) groups excluding carboxylic acids is 1. The van der Waals surface area contributed by atoms with E-state index in [2.05, 4.69) is 22.1 Å². The maximum atomic E-state index is 12.2. The Balaban J connectivity index is 2.22. The molecule has 0 aliphatic carbocycles. The van der Waals surface area contributed by atoms with Gasteiger partial charge in [-0.15, -0.1) is 12.8 Å². The Hall–Kier alpha value is -3.02. The molecule has 24 heavy (non-hydrogen) atoms. The van der Waals surface area contributed by atoms with Crippen LogP contribution in [0.2, 0.25) is 0 Å². The summed E-state index contributed by atoms with van der Waals surface area (Å²) in [7, 11) is 1.38. The van der Waals surface area contributed by atoms with Crippen LogP contribution in [0.1, 0.15) is 19.4 Å². The molecule has 2 rings (SSSR count). The van der Waals surface area contributed by atoms with Gasteiger partial charge < -0.3 is 14.8 Å². The van der Waals surface area contributed by atoms with E-state index in [1.165, 1.54) is 7.11 Å². The first-order valence-electron chi connectivity index (χ1n) is 7.24. The average Bonchev–Trinajstić information content (AvgIpc) is 2.58. The number of carbonyl (C=O) groups is 1. The quantitative estimate of drug-likeness (QED) is 0.676. The van der Waals surface area contributed by atoms with Crippen molar-refractivity contribution < 1.29 is 14.3 Å². The van der Waals surface area contributed by atoms with Crippen LogP contribution >= 0.6 is 0 Å². The second-order valence-corrected chi connectivity index (χ2v) is 5.67. The fourth-order valence-corrected chi connectivity index (χ4v) is 2.00. The Morgan fingerprint density at radius 1 is 1.33 bits per heavy atom. The molecule has 1 N–H and O–H groups in total. The molecular weight excluding hydrogens is 304 g/mol. The van der Waals surface area contributed by atoms with Gasteiger partial charge >= 0.3 is 0 Å². The molecule has 0 fully saturated rings. The standard InChI is InChI=1S/C19H18N2O3/c1-6-13-10-14-11-15(8-9-16(14)20-12-13)24-18(23-5)17(22)21-19(3,4)7-2/h1-2,8-12,18H,3-5H3,(H,21,22). The number of nitrogens with zero attached hydrogens (tertiary/aromatic N) is 1. The second-order valence-electron chi connectivity index (χ2n) is 5.67. The molecule has 0 bridgehead atoms. The van der Waals surface area contributed by atoms with E-state index >= 15 is 0 Å². The summed E-state index contributed by atoms with van der Waals surface area (Å²) < 4.78 is 10.7. The van der Waals surface area contributed by atoms with Crippen molar-refractivity contribution >= 4 is 16.8 Å². The third kappa shape index (κ3) is 4.04. The fraction of sp³-hybridized carbons (Fsp3) is 0.263. The Morgan fingerprint density at radius 3 is 2.71 bits per heavy atom. The molecule has 5 heteroatoms. The lowest BCUT2D eigenvalue weighted by Gasteiger charge is -2.23. The number of methoxy groups -OCH3 is 1. The largest absolute Gasteiger partial charge is 0.455 e. The Kier molecular flexibility index (Phi) is 5.08. The molecule has 122 valence electrons. The highest BCUT2D eigenvalue weighted by atomic mass is 16.7. The van der Waals surface area contributed by atoms with Gasteiger partial charge in [-0.2, -0.15) is 0 Å². The van der Waals surface area contributed by atoms with Crippen molar-refractivity contribution in [2.45, 2.75) is 25.7 Å². The van der Waals surface area contributed by atoms with Gasteiger partial charge in [-0.3, -0.25) is 9.78 Å². The number of hydrogen-bond donors (Lipinski definition) is 1. The highest BCUT2D eigenvalue weighted by molar-refractivity contribution is 5.83. The summed E-state index contributed by atoms with van der Waals surface area (Å²) in [5.74, 6) is 5.01. The molecule has 1 unspecified atom stereocenters. The van der Waals surface area contributed by atoms with Crippen LogP contribution < -0.4 is 10.1 Å². The molecule has 0 spiro atoms. The molecular formula is C19H18N2O3. The Morgan fingerprint density at radius 2 is 2.08 bits per heavy atom. The van der Waals surface area contributed by atoms with Crippen molar-refractivity contribution in [2.24, 2.45) is 0 Å².